The van der Waals surface area contributed by atoms with Crippen LogP contribution in [0, 0.1) is 29.2 Å². The van der Waals surface area contributed by atoms with Crippen LogP contribution >= 0.6 is 0 Å². The first kappa shape index (κ1) is 10.4. The number of nitriles is 2. The molecule has 0 spiro atoms. The lowest BCUT2D eigenvalue weighted by atomic mass is 9.98. The van der Waals surface area contributed by atoms with Gasteiger partial charge in [-0.2, -0.15) is 10.5 Å². The fraction of sp³-hybridized carbons (Fsp3) is 0.0909. The van der Waals surface area contributed by atoms with E-state index in [0.29, 0.717) is 0 Å². The van der Waals surface area contributed by atoms with Gasteiger partial charge in [0, 0.05) is 0 Å². The van der Waals surface area contributed by atoms with E-state index >= 15 is 0 Å². The molecule has 0 unspecified atom stereocenters. The zero-order valence-corrected chi connectivity index (χ0v) is 7.90. The molecule has 0 saturated carbocycles. The van der Waals surface area contributed by atoms with Gasteiger partial charge in [-0.05, 0) is 19.1 Å². The summed E-state index contributed by atoms with van der Waals surface area (Å²) in [4.78, 5) is 14.3. The van der Waals surface area contributed by atoms with Gasteiger partial charge >= 0.3 is 0 Å². The molecule has 0 aromatic heterocycles. The Hall–Kier alpha value is -2.64. The van der Waals surface area contributed by atoms with Crippen molar-refractivity contribution in [2.24, 2.45) is 0 Å². The molecule has 0 aliphatic rings. The van der Waals surface area contributed by atoms with Crippen molar-refractivity contribution >= 4 is 11.5 Å². The van der Waals surface area contributed by atoms with E-state index in [9.17, 15) is 4.79 Å². The zero-order valence-electron chi connectivity index (χ0n) is 7.90. The molecule has 0 radical (unpaired) electrons. The largest absolute Gasteiger partial charge is 0.294 e. The van der Waals surface area contributed by atoms with Crippen LogP contribution < -0.4 is 0 Å². The molecule has 1 aromatic rings. The Labute approximate surface area is 86.8 Å². The van der Waals surface area contributed by atoms with Crippen molar-refractivity contribution in [3.63, 3.8) is 0 Å². The molecule has 0 heterocycles. The third-order valence-corrected chi connectivity index (χ3v) is 1.85. The SMILES string of the molecule is [C-]#[N+]c1cc(C#N)c(C(C)=O)c(C#N)c1. The van der Waals surface area contributed by atoms with Crippen molar-refractivity contribution in [1.82, 2.24) is 0 Å². The highest BCUT2D eigenvalue weighted by atomic mass is 16.1. The molecule has 0 atom stereocenters. The fourth-order valence-electron chi connectivity index (χ4n) is 1.25. The van der Waals surface area contributed by atoms with Crippen LogP contribution in [0.1, 0.15) is 28.4 Å². The summed E-state index contributed by atoms with van der Waals surface area (Å²) in [6.45, 7) is 8.07. The summed E-state index contributed by atoms with van der Waals surface area (Å²) in [6.07, 6.45) is 0. The predicted octanol–water partition coefficient (Wildman–Crippen LogP) is 2.18. The van der Waals surface area contributed by atoms with Gasteiger partial charge in [0.15, 0.2) is 11.5 Å². The molecule has 1 rings (SSSR count). The molecule has 0 saturated heterocycles. The summed E-state index contributed by atoms with van der Waals surface area (Å²) < 4.78 is 0. The number of carbonyl (C=O) groups is 1. The number of nitrogens with zero attached hydrogens (tertiary/aromatic N) is 3. The Morgan fingerprint density at radius 1 is 1.33 bits per heavy atom. The molecule has 0 bridgehead atoms. The van der Waals surface area contributed by atoms with Crippen molar-refractivity contribution in [2.75, 3.05) is 0 Å². The molecule has 0 aliphatic carbocycles. The van der Waals surface area contributed by atoms with Crippen LogP contribution in [0.15, 0.2) is 12.1 Å². The van der Waals surface area contributed by atoms with Gasteiger partial charge in [-0.1, -0.05) is 0 Å². The van der Waals surface area contributed by atoms with Crippen LogP contribution in [0.4, 0.5) is 5.69 Å². The van der Waals surface area contributed by atoms with E-state index in [-0.39, 0.29) is 28.2 Å². The van der Waals surface area contributed by atoms with Crippen molar-refractivity contribution in [3.8, 4) is 12.1 Å². The molecule has 4 nitrogen and oxygen atoms in total. The Balaban J connectivity index is 3.67. The smallest absolute Gasteiger partial charge is 0.189 e. The highest BCUT2D eigenvalue weighted by Gasteiger charge is 2.14. The highest BCUT2D eigenvalue weighted by molar-refractivity contribution is 5.99. The Bertz CT molecular complexity index is 518. The quantitative estimate of drug-likeness (QED) is 0.509. The number of rotatable bonds is 1. The standard InChI is InChI=1S/C11H5N3O/c1-7(15)11-8(5-12)3-10(14-2)4-9(11)6-13/h3-4H,1H3. The number of hydrogen-bond acceptors (Lipinski definition) is 3. The van der Waals surface area contributed by atoms with Crippen LogP contribution in [-0.2, 0) is 0 Å². The topological polar surface area (TPSA) is 69.0 Å². The Morgan fingerprint density at radius 2 is 1.80 bits per heavy atom. The number of Topliss-reactive ketones (excluding diaryl/α,β-unsaturated/α-hetero) is 1. The first-order chi connectivity index (χ1) is 7.13. The van der Waals surface area contributed by atoms with E-state index in [1.54, 1.807) is 0 Å². The molecule has 0 fully saturated rings. The Kier molecular flexibility index (Phi) is 2.82. The fourth-order valence-corrected chi connectivity index (χ4v) is 1.25. The maximum atomic E-state index is 11.2. The van der Waals surface area contributed by atoms with Gasteiger partial charge in [0.05, 0.1) is 35.4 Å². The molecule has 0 amide bonds. The lowest BCUT2D eigenvalue weighted by Gasteiger charge is -2.02. The van der Waals surface area contributed by atoms with E-state index in [1.165, 1.54) is 19.1 Å². The third kappa shape index (κ3) is 1.82. The summed E-state index contributed by atoms with van der Waals surface area (Å²) in [6, 6.07) is 6.24. The van der Waals surface area contributed by atoms with Crippen LogP contribution in [0.2, 0.25) is 0 Å². The van der Waals surface area contributed by atoms with E-state index in [2.05, 4.69) is 4.85 Å². The van der Waals surface area contributed by atoms with Crippen molar-refractivity contribution in [1.29, 1.82) is 10.5 Å². The van der Waals surface area contributed by atoms with Crippen molar-refractivity contribution < 1.29 is 4.79 Å². The first-order valence-electron chi connectivity index (χ1n) is 4.00. The molecule has 70 valence electrons. The number of benzene rings is 1. The maximum Gasteiger partial charge on any atom is 0.189 e. The number of hydrogen-bond donors (Lipinski definition) is 0. The van der Waals surface area contributed by atoms with Gasteiger partial charge in [-0.25, -0.2) is 4.85 Å². The molecular weight excluding hydrogens is 190 g/mol. The minimum absolute atomic E-state index is 0.0764. The second-order valence-corrected chi connectivity index (χ2v) is 2.81. The highest BCUT2D eigenvalue weighted by Crippen LogP contribution is 2.22. The number of ketones is 1. The average molecular weight is 195 g/mol. The van der Waals surface area contributed by atoms with Crippen molar-refractivity contribution in [2.45, 2.75) is 6.92 Å². The second-order valence-electron chi connectivity index (χ2n) is 2.81. The Morgan fingerprint density at radius 3 is 2.07 bits per heavy atom. The average Bonchev–Trinajstić information content (AvgIpc) is 2.26. The molecular formula is C11H5N3O. The lowest BCUT2D eigenvalue weighted by molar-refractivity contribution is 0.101. The molecule has 4 heteroatoms. The third-order valence-electron chi connectivity index (χ3n) is 1.85. The zero-order chi connectivity index (χ0) is 11.4. The summed E-state index contributed by atoms with van der Waals surface area (Å²) in [5.41, 5.74) is 0.431. The maximum absolute atomic E-state index is 11.2. The van der Waals surface area contributed by atoms with Gasteiger partial charge < -0.3 is 0 Å². The van der Waals surface area contributed by atoms with Gasteiger partial charge in [0.2, 0.25) is 0 Å². The minimum atomic E-state index is -0.348. The van der Waals surface area contributed by atoms with E-state index in [4.69, 9.17) is 17.1 Å². The predicted molar refractivity (Wildman–Crippen MR) is 52.1 cm³/mol. The van der Waals surface area contributed by atoms with Gasteiger partial charge in [0.25, 0.3) is 0 Å². The summed E-state index contributed by atoms with van der Waals surface area (Å²) in [5, 5.41) is 17.6. The molecule has 15 heavy (non-hydrogen) atoms. The van der Waals surface area contributed by atoms with Crippen LogP contribution in [0.25, 0.3) is 4.85 Å². The normalized spacial score (nSPS) is 8.40. The van der Waals surface area contributed by atoms with Gasteiger partial charge in [-0.15, -0.1) is 0 Å². The number of carbonyl (C=O) groups excluding carboxylic acids is 1. The van der Waals surface area contributed by atoms with Crippen LogP contribution in [0.5, 0.6) is 0 Å². The lowest BCUT2D eigenvalue weighted by Crippen LogP contribution is -2.00. The van der Waals surface area contributed by atoms with Gasteiger partial charge in [0.1, 0.15) is 0 Å². The summed E-state index contributed by atoms with van der Waals surface area (Å²) in [5.74, 6) is -0.348. The molecule has 0 N–H and O–H groups in total. The monoisotopic (exact) mass is 195 g/mol. The van der Waals surface area contributed by atoms with Gasteiger partial charge in [-0.3, -0.25) is 4.79 Å². The van der Waals surface area contributed by atoms with E-state index in [0.717, 1.165) is 0 Å². The summed E-state index contributed by atoms with van der Waals surface area (Å²) in [7, 11) is 0. The minimum Gasteiger partial charge on any atom is -0.294 e. The van der Waals surface area contributed by atoms with E-state index < -0.39 is 0 Å². The molecule has 1 aromatic carbocycles. The van der Waals surface area contributed by atoms with Crippen LogP contribution in [0.3, 0.4) is 0 Å². The molecule has 0 aliphatic heterocycles. The first-order valence-corrected chi connectivity index (χ1v) is 4.00. The van der Waals surface area contributed by atoms with E-state index in [1.807, 2.05) is 12.1 Å². The second kappa shape index (κ2) is 4.05. The summed E-state index contributed by atoms with van der Waals surface area (Å²) >= 11 is 0. The van der Waals surface area contributed by atoms with Crippen molar-refractivity contribution in [3.05, 3.63) is 40.2 Å². The van der Waals surface area contributed by atoms with Crippen LogP contribution in [-0.4, -0.2) is 5.78 Å².